The van der Waals surface area contributed by atoms with Crippen LogP contribution in [-0.4, -0.2) is 529 Å². The van der Waals surface area contributed by atoms with Crippen molar-refractivity contribution in [3.63, 3.8) is 0 Å². The maximum absolute atomic E-state index is 13.5. The molecule has 0 aromatic heterocycles. The summed E-state index contributed by atoms with van der Waals surface area (Å²) in [6, 6.07) is -2.64. The molecule has 0 aromatic carbocycles. The second kappa shape index (κ2) is 44.0. The Kier molecular flexibility index (Phi) is 37.5. The van der Waals surface area contributed by atoms with E-state index in [1.54, 1.807) is 0 Å². The fraction of sp³-hybridized carbons (Fsp3) is 0.967. The number of carboxylic acids is 2. The summed E-state index contributed by atoms with van der Waals surface area (Å²) in [6.45, 7) is -10.8. The first-order chi connectivity index (χ1) is 59.0. The van der Waals surface area contributed by atoms with Gasteiger partial charge < -0.3 is 263 Å². The zero-order chi connectivity index (χ0) is 95.1. The Bertz CT molecular complexity index is 3700. The van der Waals surface area contributed by atoms with E-state index in [-0.39, 0.29) is 0 Å². The molecule has 127 heavy (non-hydrogen) atoms. The smallest absolute Gasteiger partial charge is 0.470 e. The van der Waals surface area contributed by atoms with E-state index in [1.165, 1.54) is 0 Å². The molecule has 63 nitrogen and oxygen atoms in total. The van der Waals surface area contributed by atoms with Crippen LogP contribution in [0.1, 0.15) is 19.8 Å². The summed E-state index contributed by atoms with van der Waals surface area (Å²) in [5.41, 5.74) is 6.93. The van der Waals surface area contributed by atoms with Gasteiger partial charge in [-0.2, -0.15) is 0 Å². The first-order valence-electron chi connectivity index (χ1n) is 37.9. The molecule has 0 aromatic rings. The molecule has 0 saturated carbocycles. The molecule has 9 saturated heterocycles. The molecular formula is C60H105NO62P4. The van der Waals surface area contributed by atoms with Crippen molar-refractivity contribution < 1.29 is 303 Å². The monoisotopic (exact) mass is 1960 g/mol. The van der Waals surface area contributed by atoms with Crippen molar-refractivity contribution in [3.8, 4) is 0 Å². The van der Waals surface area contributed by atoms with Gasteiger partial charge in [-0.25, -0.2) is 27.8 Å². The van der Waals surface area contributed by atoms with Gasteiger partial charge in [-0.3, -0.25) is 18.1 Å². The fourth-order valence-electron chi connectivity index (χ4n) is 15.2. The average molecular weight is 1960 g/mol. The van der Waals surface area contributed by atoms with Crippen LogP contribution in [0.5, 0.6) is 0 Å². The van der Waals surface area contributed by atoms with Gasteiger partial charge in [0.15, 0.2) is 44.0 Å². The van der Waals surface area contributed by atoms with Crippen molar-refractivity contribution in [2.24, 2.45) is 5.73 Å². The molecule has 0 bridgehead atoms. The molecule has 47 atom stereocenters. The summed E-state index contributed by atoms with van der Waals surface area (Å²) in [6.07, 6.45) is -118. The summed E-state index contributed by atoms with van der Waals surface area (Å²) in [4.78, 5) is 111. The molecule has 0 amide bonds. The van der Waals surface area contributed by atoms with Crippen molar-refractivity contribution in [2.45, 2.75) is 307 Å². The molecule has 0 unspecified atom stereocenters. The van der Waals surface area contributed by atoms with Crippen LogP contribution in [0, 0.1) is 0 Å². The lowest BCUT2D eigenvalue weighted by molar-refractivity contribution is -0.405. The van der Waals surface area contributed by atoms with Crippen LogP contribution in [-0.2, 0) is 126 Å². The number of aliphatic hydroxyl groups excluding tert-OH is 24. The van der Waals surface area contributed by atoms with E-state index in [0.717, 1.165) is 6.92 Å². The third-order valence-electron chi connectivity index (χ3n) is 21.6. The molecule has 9 aliphatic rings. The Morgan fingerprint density at radius 1 is 0.386 bits per heavy atom. The number of carbonyl (C=O) groups is 2. The normalized spacial score (nSPS) is 46.3. The lowest BCUT2D eigenvalue weighted by Crippen LogP contribution is -2.71. The number of hydrogen-bond donors (Lipinski definition) is 36. The summed E-state index contributed by atoms with van der Waals surface area (Å²) in [7, 11) is -26.0. The van der Waals surface area contributed by atoms with Crippen LogP contribution in [0.15, 0.2) is 0 Å². The largest absolute Gasteiger partial charge is 0.477 e. The molecule has 9 rings (SSSR count). The Labute approximate surface area is 710 Å². The predicted octanol–water partition coefficient (Wildman–Crippen LogP) is -20.8. The van der Waals surface area contributed by atoms with Gasteiger partial charge in [0.25, 0.3) is 11.6 Å². The topological polar surface area (TPSA) is 1030 Å². The van der Waals surface area contributed by atoms with Crippen LogP contribution in [0.2, 0.25) is 0 Å². The van der Waals surface area contributed by atoms with Crippen LogP contribution in [0.25, 0.3) is 0 Å². The zero-order valence-electron chi connectivity index (χ0n) is 65.1. The third kappa shape index (κ3) is 25.2. The van der Waals surface area contributed by atoms with Gasteiger partial charge in [-0.15, -0.1) is 0 Å². The summed E-state index contributed by atoms with van der Waals surface area (Å²) in [5.74, 6) is -12.5. The van der Waals surface area contributed by atoms with Gasteiger partial charge in [-0.1, -0.05) is 0 Å². The van der Waals surface area contributed by atoms with Crippen molar-refractivity contribution in [1.82, 2.24) is 0 Å². The maximum atomic E-state index is 13.5. The van der Waals surface area contributed by atoms with Gasteiger partial charge in [0.1, 0.15) is 208 Å². The number of phosphoric acid groups is 4. The minimum atomic E-state index is -6.67. The third-order valence-corrected chi connectivity index (χ3v) is 23.7. The van der Waals surface area contributed by atoms with Crippen molar-refractivity contribution in [1.29, 1.82) is 0 Å². The Morgan fingerprint density at radius 2 is 0.811 bits per heavy atom. The number of nitrogens with two attached hydrogens (primary N) is 1. The number of aliphatic carboxylic acids is 2. The molecule has 9 fully saturated rings. The van der Waals surface area contributed by atoms with E-state index in [9.17, 15) is 205 Å². The fourth-order valence-corrected chi connectivity index (χ4v) is 17.4. The minimum Gasteiger partial charge on any atom is -0.477 e. The Morgan fingerprint density at radius 3 is 1.33 bits per heavy atom. The molecule has 742 valence electrons. The maximum Gasteiger partial charge on any atom is 0.470 e. The van der Waals surface area contributed by atoms with Gasteiger partial charge in [0, 0.05) is 12.8 Å². The van der Waals surface area contributed by atoms with Gasteiger partial charge in [0.05, 0.1) is 77.2 Å². The SMILES string of the molecule is C[C@@H]1O[C@@H](O[C@@H]2[C@@H](O)[C@H](O[C@@H]3[C@@H](N)[C@@H](O[C@@H]4[C@H](O)[C@@H](O[C@H]5[C@H](OP(=O)(O)O)[C@@H]([C@@H](O)CO)O[C@H](O[C@H]6[C@@H]([C@H](O)CO)O[C@@](O)(C(=O)O)C[C@H]6O[C@]6(C(=O)O)C[C@@H](O)[C@@H](O)[C@@H]([C@H](O)CO)O6)[C@H]5OP(=O)(O)O)O[C@H]([C@H](CO)OP(=O)(O)O)[C@H]4OP(=O)(O)O)O[C@H](CO)[C@@H]3O[C@H]3O[C@H](CO)[C@@H](O)[C@H](O)[C@H]3O)O[C@H](CO[C@H]3O[C@H](CO)[C@@H](O)[C@H](O)[C@H]3O)[C@H]2O)[C@H](O)[C@H](O)[C@H]1O. The van der Waals surface area contributed by atoms with E-state index >= 15 is 0 Å². The number of aliphatic hydroxyl groups is 25. The molecule has 9 aliphatic heterocycles. The molecule has 0 radical (unpaired) electrons. The van der Waals surface area contributed by atoms with E-state index < -0.39 is 396 Å². The second-order valence-corrected chi connectivity index (χ2v) is 35.2. The van der Waals surface area contributed by atoms with Crippen LogP contribution in [0.3, 0.4) is 0 Å². The Hall–Kier alpha value is -2.34. The van der Waals surface area contributed by atoms with Crippen LogP contribution >= 0.6 is 31.3 Å². The average Bonchev–Trinajstić information content (AvgIpc) is 0.749. The van der Waals surface area contributed by atoms with Crippen molar-refractivity contribution >= 4 is 43.2 Å². The summed E-state index contributed by atoms with van der Waals surface area (Å²) in [5, 5.41) is 297. The van der Waals surface area contributed by atoms with Gasteiger partial charge >= 0.3 is 43.2 Å². The number of carboxylic acid groups (broad SMARTS) is 2. The van der Waals surface area contributed by atoms with E-state index in [1.807, 2.05) is 0 Å². The molecule has 37 N–H and O–H groups in total. The molecule has 0 aliphatic carbocycles. The number of phosphoric ester groups is 4. The highest BCUT2D eigenvalue weighted by atomic mass is 31.2. The second-order valence-electron chi connectivity index (χ2n) is 30.5. The van der Waals surface area contributed by atoms with Gasteiger partial charge in [0.2, 0.25) is 0 Å². The van der Waals surface area contributed by atoms with E-state index in [2.05, 4.69) is 0 Å². The molecular weight excluding hydrogens is 1850 g/mol. The lowest BCUT2D eigenvalue weighted by Gasteiger charge is -2.53. The van der Waals surface area contributed by atoms with Gasteiger partial charge in [-0.05, 0) is 6.92 Å². The highest BCUT2D eigenvalue weighted by Crippen LogP contribution is 2.52. The quantitative estimate of drug-likeness (QED) is 0.0255. The first kappa shape index (κ1) is 108. The summed E-state index contributed by atoms with van der Waals surface area (Å²) < 4.78 is 171. The standard InChI is InChI=1S/C60H105NO62P4/c1-12-24(73)29(78)33(82)52(104-12)114-44-28(77)22(11-103-51-32(81)30(79)26(75)18(7-65)105-51)108-54(35(44)84)113-43-23(61)50(107-20(9-67)41(43)110-53-34(83)31(80)27(76)19(8-66)106-53)115-45-36(85)55(111-42(48(45)122-126(97,98)99)21(10-68)120-124(91,92)93)116-46-47(121-125(94,95)96)38(15(71)5-63)109-56(49(46)123-127(100,101)102)112-40-17(3-59(90,57(86)87)118-39(40)16(72)6-64)117-60(58(88)89)2-13(69)25(74)37(119-60)14(70)4-62/h12-56,62-85,90H,2-11,61H2,1H3,(H,86,87)(H,88,89)(H2,91,92,93)(H2,94,95,96)(H2,97,98,99)(H2,100,101,102)/t12-,13+,14+,15-,16+,17+,18+,19+,20+,21-,22+,23+,24-,25+,26+,27+,28+,29+,30-,31-,32+,33+,34+,35+,36-,37+,38+,39+,40+,41-,42+,43+,44-,45+,46-,47+,48+,49-,50+,51-,52-,53+,54-,55+,56+,59+,60+/m0/s1. The highest BCUT2D eigenvalue weighted by molar-refractivity contribution is 7.47. The zero-order valence-corrected chi connectivity index (χ0v) is 68.7. The predicted molar refractivity (Wildman–Crippen MR) is 376 cm³/mol. The highest BCUT2D eigenvalue weighted by Gasteiger charge is 2.67. The van der Waals surface area contributed by atoms with Crippen molar-refractivity contribution in [2.75, 3.05) is 52.9 Å². The Balaban J connectivity index is 1.20. The van der Waals surface area contributed by atoms with E-state index in [4.69, 9.17) is 104 Å². The van der Waals surface area contributed by atoms with Crippen molar-refractivity contribution in [3.05, 3.63) is 0 Å². The molecule has 9 heterocycles. The van der Waals surface area contributed by atoms with Crippen LogP contribution < -0.4 is 5.73 Å². The summed E-state index contributed by atoms with van der Waals surface area (Å²) >= 11 is 0. The first-order valence-corrected chi connectivity index (χ1v) is 44.0. The molecule has 67 heteroatoms. The lowest BCUT2D eigenvalue weighted by atomic mass is 9.89. The number of rotatable bonds is 38. The molecule has 0 spiro atoms. The van der Waals surface area contributed by atoms with Crippen LogP contribution in [0.4, 0.5) is 0 Å². The number of ether oxygens (including phenoxy) is 17. The minimum absolute atomic E-state index is 1.06. The van der Waals surface area contributed by atoms with E-state index in [0.29, 0.717) is 0 Å². The number of hydrogen-bond acceptors (Lipinski definition) is 53.